The topological polar surface area (TPSA) is 38.8 Å². The van der Waals surface area contributed by atoms with Gasteiger partial charge >= 0.3 is 0 Å². The van der Waals surface area contributed by atoms with E-state index in [9.17, 15) is 4.79 Å². The molecule has 0 radical (unpaired) electrons. The summed E-state index contributed by atoms with van der Waals surface area (Å²) in [5, 5.41) is 0. The van der Waals surface area contributed by atoms with Crippen LogP contribution >= 0.6 is 0 Å². The number of likely N-dealkylation sites (N-methyl/N-ethyl adjacent to an activating group) is 1. The van der Waals surface area contributed by atoms with Crippen LogP contribution in [0.15, 0.2) is 42.5 Å². The van der Waals surface area contributed by atoms with Gasteiger partial charge in [-0.3, -0.25) is 4.79 Å². The van der Waals surface area contributed by atoms with Crippen molar-refractivity contribution in [2.45, 2.75) is 33.1 Å². The van der Waals surface area contributed by atoms with Gasteiger partial charge in [0.05, 0.1) is 19.6 Å². The summed E-state index contributed by atoms with van der Waals surface area (Å²) >= 11 is 0. The number of aryl methyl sites for hydroxylation is 1. The van der Waals surface area contributed by atoms with Crippen molar-refractivity contribution in [1.29, 1.82) is 0 Å². The molecule has 0 aliphatic carbocycles. The third-order valence-corrected chi connectivity index (χ3v) is 4.51. The Hall–Kier alpha value is -2.49. The van der Waals surface area contributed by atoms with Gasteiger partial charge in [0.1, 0.15) is 0 Å². The van der Waals surface area contributed by atoms with Gasteiger partial charge in [0.2, 0.25) is 5.91 Å². The van der Waals surface area contributed by atoms with Gasteiger partial charge < -0.3 is 14.4 Å². The van der Waals surface area contributed by atoms with Crippen LogP contribution < -0.4 is 14.4 Å². The monoisotopic (exact) mass is 341 g/mol. The number of carbonyl (C=O) groups excluding carboxylic acids is 1. The molecule has 4 heteroatoms. The Balaban J connectivity index is 2.41. The average Bonchev–Trinajstić information content (AvgIpc) is 2.61. The molecule has 0 N–H and O–H groups in total. The van der Waals surface area contributed by atoms with Gasteiger partial charge in [-0.1, -0.05) is 18.2 Å². The molecular formula is C21H27NO3. The summed E-state index contributed by atoms with van der Waals surface area (Å²) in [6.07, 6.45) is 0. The van der Waals surface area contributed by atoms with Gasteiger partial charge in [0, 0.05) is 12.2 Å². The number of anilines is 1. The largest absolute Gasteiger partial charge is 0.493 e. The molecule has 4 nitrogen and oxygen atoms in total. The van der Waals surface area contributed by atoms with Crippen LogP contribution in [0.3, 0.4) is 0 Å². The van der Waals surface area contributed by atoms with Crippen molar-refractivity contribution in [3.8, 4) is 11.5 Å². The van der Waals surface area contributed by atoms with E-state index in [1.54, 1.807) is 14.2 Å². The SMILES string of the molecule is CCN(C(=O)C(C)(C)c1ccc(OC)c(OC)c1)c1cccc(C)c1. The number of ether oxygens (including phenoxy) is 2. The van der Waals surface area contributed by atoms with E-state index in [-0.39, 0.29) is 5.91 Å². The van der Waals surface area contributed by atoms with Gasteiger partial charge in [-0.15, -0.1) is 0 Å². The number of hydrogen-bond donors (Lipinski definition) is 0. The molecule has 2 aromatic rings. The van der Waals surface area contributed by atoms with Crippen LogP contribution in [0, 0.1) is 6.92 Å². The Kier molecular flexibility index (Phi) is 5.73. The molecule has 25 heavy (non-hydrogen) atoms. The van der Waals surface area contributed by atoms with E-state index in [1.807, 2.05) is 75.1 Å². The van der Waals surface area contributed by atoms with Crippen molar-refractivity contribution < 1.29 is 14.3 Å². The minimum absolute atomic E-state index is 0.0489. The lowest BCUT2D eigenvalue weighted by atomic mass is 9.82. The van der Waals surface area contributed by atoms with E-state index in [1.165, 1.54) is 0 Å². The maximum Gasteiger partial charge on any atom is 0.237 e. The van der Waals surface area contributed by atoms with E-state index in [2.05, 4.69) is 0 Å². The molecule has 134 valence electrons. The lowest BCUT2D eigenvalue weighted by Crippen LogP contribution is -2.43. The molecular weight excluding hydrogens is 314 g/mol. The third-order valence-electron chi connectivity index (χ3n) is 4.51. The number of nitrogens with zero attached hydrogens (tertiary/aromatic N) is 1. The molecule has 0 fully saturated rings. The molecule has 2 aromatic carbocycles. The molecule has 0 saturated heterocycles. The van der Waals surface area contributed by atoms with Crippen LogP contribution in [-0.4, -0.2) is 26.7 Å². The van der Waals surface area contributed by atoms with Gasteiger partial charge in [0.15, 0.2) is 11.5 Å². The lowest BCUT2D eigenvalue weighted by molar-refractivity contribution is -0.123. The number of hydrogen-bond acceptors (Lipinski definition) is 3. The number of methoxy groups -OCH3 is 2. The molecule has 0 aliphatic rings. The highest BCUT2D eigenvalue weighted by Gasteiger charge is 2.34. The fourth-order valence-corrected chi connectivity index (χ4v) is 2.93. The highest BCUT2D eigenvalue weighted by molar-refractivity contribution is 6.00. The minimum atomic E-state index is -0.695. The van der Waals surface area contributed by atoms with Gasteiger partial charge in [-0.25, -0.2) is 0 Å². The Morgan fingerprint density at radius 3 is 2.28 bits per heavy atom. The van der Waals surface area contributed by atoms with E-state index in [4.69, 9.17) is 9.47 Å². The molecule has 0 spiro atoms. The van der Waals surface area contributed by atoms with Gasteiger partial charge in [-0.05, 0) is 63.1 Å². The number of amides is 1. The van der Waals surface area contributed by atoms with Crippen molar-refractivity contribution in [3.05, 3.63) is 53.6 Å². The van der Waals surface area contributed by atoms with E-state index >= 15 is 0 Å². The number of carbonyl (C=O) groups is 1. The van der Waals surface area contributed by atoms with E-state index < -0.39 is 5.41 Å². The molecule has 0 heterocycles. The lowest BCUT2D eigenvalue weighted by Gasteiger charge is -2.32. The fourth-order valence-electron chi connectivity index (χ4n) is 2.93. The molecule has 0 aliphatic heterocycles. The van der Waals surface area contributed by atoms with Gasteiger partial charge in [0.25, 0.3) is 0 Å². The third kappa shape index (κ3) is 3.78. The summed E-state index contributed by atoms with van der Waals surface area (Å²) in [6.45, 7) is 8.51. The molecule has 2 rings (SSSR count). The van der Waals surface area contributed by atoms with Crippen LogP contribution in [-0.2, 0) is 10.2 Å². The number of rotatable bonds is 6. The molecule has 0 unspecified atom stereocenters. The predicted molar refractivity (Wildman–Crippen MR) is 102 cm³/mol. The first kappa shape index (κ1) is 18.8. The van der Waals surface area contributed by atoms with Crippen molar-refractivity contribution in [1.82, 2.24) is 0 Å². The highest BCUT2D eigenvalue weighted by Crippen LogP contribution is 2.35. The summed E-state index contributed by atoms with van der Waals surface area (Å²) in [5.41, 5.74) is 2.24. The van der Waals surface area contributed by atoms with Crippen molar-refractivity contribution in [3.63, 3.8) is 0 Å². The minimum Gasteiger partial charge on any atom is -0.493 e. The van der Waals surface area contributed by atoms with Crippen molar-refractivity contribution in [2.24, 2.45) is 0 Å². The zero-order chi connectivity index (χ0) is 18.6. The summed E-state index contributed by atoms with van der Waals surface area (Å²) in [6, 6.07) is 13.6. The zero-order valence-electron chi connectivity index (χ0n) is 15.9. The molecule has 0 saturated carbocycles. The van der Waals surface area contributed by atoms with Crippen LogP contribution in [0.2, 0.25) is 0 Å². The Labute approximate surface area is 150 Å². The second kappa shape index (κ2) is 7.60. The maximum atomic E-state index is 13.3. The summed E-state index contributed by atoms with van der Waals surface area (Å²) in [5.74, 6) is 1.33. The second-order valence-corrected chi connectivity index (χ2v) is 6.58. The van der Waals surface area contributed by atoms with Crippen LogP contribution in [0.25, 0.3) is 0 Å². The van der Waals surface area contributed by atoms with Crippen LogP contribution in [0.4, 0.5) is 5.69 Å². The van der Waals surface area contributed by atoms with Crippen LogP contribution in [0.5, 0.6) is 11.5 Å². The molecule has 0 aromatic heterocycles. The fraction of sp³-hybridized carbons (Fsp3) is 0.381. The van der Waals surface area contributed by atoms with Gasteiger partial charge in [-0.2, -0.15) is 0 Å². The molecule has 0 atom stereocenters. The molecule has 0 bridgehead atoms. The smallest absolute Gasteiger partial charge is 0.237 e. The zero-order valence-corrected chi connectivity index (χ0v) is 15.9. The average molecular weight is 341 g/mol. The first-order chi connectivity index (χ1) is 11.8. The van der Waals surface area contributed by atoms with E-state index in [0.29, 0.717) is 18.0 Å². The van der Waals surface area contributed by atoms with E-state index in [0.717, 1.165) is 16.8 Å². The molecule has 1 amide bonds. The summed E-state index contributed by atoms with van der Waals surface area (Å²) in [7, 11) is 3.20. The first-order valence-electron chi connectivity index (χ1n) is 8.46. The quantitative estimate of drug-likeness (QED) is 0.784. The summed E-state index contributed by atoms with van der Waals surface area (Å²) in [4.78, 5) is 15.1. The summed E-state index contributed by atoms with van der Waals surface area (Å²) < 4.78 is 10.7. The number of benzene rings is 2. The predicted octanol–water partition coefficient (Wildman–Crippen LogP) is 4.34. The van der Waals surface area contributed by atoms with Crippen molar-refractivity contribution >= 4 is 11.6 Å². The Bertz CT molecular complexity index is 753. The Morgan fingerprint density at radius 1 is 1.04 bits per heavy atom. The first-order valence-corrected chi connectivity index (χ1v) is 8.46. The van der Waals surface area contributed by atoms with Crippen molar-refractivity contribution in [2.75, 3.05) is 25.7 Å². The Morgan fingerprint density at radius 2 is 1.72 bits per heavy atom. The standard InChI is InChI=1S/C21H27NO3/c1-7-22(17-10-8-9-15(2)13-17)20(23)21(3,4)16-11-12-18(24-5)19(14-16)25-6/h8-14H,7H2,1-6H3. The highest BCUT2D eigenvalue weighted by atomic mass is 16.5. The maximum absolute atomic E-state index is 13.3. The van der Waals surface area contributed by atoms with Crippen LogP contribution in [0.1, 0.15) is 31.9 Å². The normalized spacial score (nSPS) is 11.1. The second-order valence-electron chi connectivity index (χ2n) is 6.58.